The van der Waals surface area contributed by atoms with Gasteiger partial charge in [0.05, 0.1) is 0 Å². The molecule has 0 atom stereocenters. The van der Waals surface area contributed by atoms with E-state index in [1.165, 1.54) is 66.1 Å². The van der Waals surface area contributed by atoms with Crippen LogP contribution >= 0.6 is 0 Å². The van der Waals surface area contributed by atoms with E-state index in [9.17, 15) is 0 Å². The fourth-order valence-electron chi connectivity index (χ4n) is 7.95. The Labute approximate surface area is 318 Å². The summed E-state index contributed by atoms with van der Waals surface area (Å²) in [7, 11) is 0. The van der Waals surface area contributed by atoms with Crippen LogP contribution < -0.4 is 24.8 Å². The number of fused-ring (bicyclic) bond motifs is 5. The maximum Gasteiger partial charge on any atom is -1.00 e. The van der Waals surface area contributed by atoms with Gasteiger partial charge in [0.15, 0.2) is 0 Å². The van der Waals surface area contributed by atoms with Gasteiger partial charge in [0.2, 0.25) is 0 Å². The molecule has 0 N–H and O–H groups in total. The molecule has 0 nitrogen and oxygen atoms in total. The van der Waals surface area contributed by atoms with Crippen LogP contribution in [0.4, 0.5) is 0 Å². The van der Waals surface area contributed by atoms with Crippen LogP contribution in [0.15, 0.2) is 143 Å². The van der Waals surface area contributed by atoms with Crippen LogP contribution in [0.2, 0.25) is 0 Å². The van der Waals surface area contributed by atoms with Gasteiger partial charge >= 0.3 is 296 Å². The van der Waals surface area contributed by atoms with Crippen LogP contribution in [-0.4, -0.2) is 3.21 Å². The molecule has 0 saturated heterocycles. The molecule has 0 aromatic heterocycles. The molecule has 0 saturated carbocycles. The molecule has 2 aliphatic rings. The topological polar surface area (TPSA) is 0 Å². The quantitative estimate of drug-likeness (QED) is 0.195. The zero-order chi connectivity index (χ0) is 33.2. The molecule has 250 valence electrons. The number of benzene rings is 6. The van der Waals surface area contributed by atoms with E-state index in [1.807, 2.05) is 0 Å². The largest absolute Gasteiger partial charge is 1.00 e. The van der Waals surface area contributed by atoms with Gasteiger partial charge in [0, 0.05) is 0 Å². The Balaban J connectivity index is 0.00000216. The summed E-state index contributed by atoms with van der Waals surface area (Å²) >= 11 is -2.88. The van der Waals surface area contributed by atoms with E-state index < -0.39 is 21.3 Å². The molecule has 0 aliphatic heterocycles. The van der Waals surface area contributed by atoms with Gasteiger partial charge in [0.25, 0.3) is 0 Å². The van der Waals surface area contributed by atoms with Gasteiger partial charge in [-0.3, -0.25) is 0 Å². The fourth-order valence-corrected chi connectivity index (χ4v) is 17.1. The zero-order valence-corrected chi connectivity index (χ0v) is 33.8. The van der Waals surface area contributed by atoms with Crippen molar-refractivity contribution in [2.75, 3.05) is 0 Å². The van der Waals surface area contributed by atoms with Crippen LogP contribution in [0.3, 0.4) is 0 Å². The Morgan fingerprint density at radius 1 is 0.560 bits per heavy atom. The molecule has 0 unspecified atom stereocenters. The normalized spacial score (nSPS) is 13.6. The SMILES string of the molecule is CC(C)(C)c1ccc2c(c1)-c1cc(C(C)(C)C)ccc1[CH]2[Zr+2]([C]1=CC=CC1)=[C](c1cccc2ccccc12)c1cccc2ccccc12.[Cl-].[Cl-]. The molecular formula is C47H44Cl2Zr. The zero-order valence-electron chi connectivity index (χ0n) is 29.8. The Kier molecular flexibility index (Phi) is 10.2. The van der Waals surface area contributed by atoms with E-state index >= 15 is 0 Å². The first-order valence-corrected chi connectivity index (χ1v) is 21.3. The summed E-state index contributed by atoms with van der Waals surface area (Å²) in [6.07, 6.45) is 8.26. The van der Waals surface area contributed by atoms with Crippen LogP contribution in [0.5, 0.6) is 0 Å². The Morgan fingerprint density at radius 3 is 1.46 bits per heavy atom. The van der Waals surface area contributed by atoms with Crippen LogP contribution in [0.1, 0.15) is 85.0 Å². The van der Waals surface area contributed by atoms with Crippen molar-refractivity contribution in [3.05, 3.63) is 176 Å². The van der Waals surface area contributed by atoms with Crippen molar-refractivity contribution in [2.24, 2.45) is 0 Å². The Bertz CT molecular complexity index is 2190. The van der Waals surface area contributed by atoms with E-state index in [-0.39, 0.29) is 35.6 Å². The summed E-state index contributed by atoms with van der Waals surface area (Å²) in [5.41, 5.74) is 11.8. The van der Waals surface area contributed by atoms with Crippen LogP contribution in [0, 0.1) is 0 Å². The van der Waals surface area contributed by atoms with Crippen molar-refractivity contribution >= 4 is 24.8 Å². The summed E-state index contributed by atoms with van der Waals surface area (Å²) in [6.45, 7) is 14.1. The van der Waals surface area contributed by atoms with Crippen molar-refractivity contribution in [1.82, 2.24) is 0 Å². The molecule has 0 bridgehead atoms. The third kappa shape index (κ3) is 6.36. The van der Waals surface area contributed by atoms with Crippen molar-refractivity contribution in [3.8, 4) is 11.1 Å². The molecule has 3 heteroatoms. The van der Waals surface area contributed by atoms with Crippen LogP contribution in [0.25, 0.3) is 32.7 Å². The number of allylic oxidation sites excluding steroid dienone is 4. The van der Waals surface area contributed by atoms with E-state index in [1.54, 1.807) is 6.49 Å². The van der Waals surface area contributed by atoms with Gasteiger partial charge in [-0.05, 0) is 0 Å². The summed E-state index contributed by atoms with van der Waals surface area (Å²) in [4.78, 5) is 0. The first-order valence-electron chi connectivity index (χ1n) is 17.5. The van der Waals surface area contributed by atoms with Gasteiger partial charge < -0.3 is 24.8 Å². The molecule has 6 aromatic carbocycles. The van der Waals surface area contributed by atoms with Crippen molar-refractivity contribution in [3.63, 3.8) is 0 Å². The van der Waals surface area contributed by atoms with Gasteiger partial charge in [-0.1, -0.05) is 0 Å². The second kappa shape index (κ2) is 14.0. The Hall–Kier alpha value is -3.35. The van der Waals surface area contributed by atoms with Gasteiger partial charge in [-0.15, -0.1) is 0 Å². The van der Waals surface area contributed by atoms with Crippen molar-refractivity contribution < 1.29 is 46.1 Å². The maximum absolute atomic E-state index is 2.88. The molecule has 0 heterocycles. The summed E-state index contributed by atoms with van der Waals surface area (Å²) in [5.74, 6) is 0. The number of hydrogen-bond donors (Lipinski definition) is 0. The first-order chi connectivity index (χ1) is 23.1. The van der Waals surface area contributed by atoms with Crippen LogP contribution in [-0.2, 0) is 32.1 Å². The smallest absolute Gasteiger partial charge is 1.00 e. The predicted octanol–water partition coefficient (Wildman–Crippen LogP) is 6.40. The standard InChI is InChI=1S/C21H14.C21H25.C5H5.2ClH.Zr/c1-3-13-20-16(7-1)9-5-11-18(20)15-19-12-6-10-17-8-2-4-14-21(17)19;1-20(2,3)16-9-7-14-11-15-8-10-17(21(4,5)6)13-19(15)18(14)12-16;1-2-4-5-3-1;;;/h1-14H;7-13H,1-6H3;1-3H,4H2;2*1H;/q;;;;;+2/p-2. The molecular weight excluding hydrogens is 727 g/mol. The van der Waals surface area contributed by atoms with Gasteiger partial charge in [-0.25, -0.2) is 0 Å². The predicted molar refractivity (Wildman–Crippen MR) is 204 cm³/mol. The maximum atomic E-state index is 2.54. The molecule has 0 radical (unpaired) electrons. The third-order valence-electron chi connectivity index (χ3n) is 10.5. The number of rotatable bonds is 4. The Morgan fingerprint density at radius 2 is 1.02 bits per heavy atom. The molecule has 50 heavy (non-hydrogen) atoms. The van der Waals surface area contributed by atoms with E-state index in [0.717, 1.165) is 6.42 Å². The third-order valence-corrected chi connectivity index (χ3v) is 18.8. The summed E-state index contributed by atoms with van der Waals surface area (Å²) in [6, 6.07) is 47.0. The second-order valence-electron chi connectivity index (χ2n) is 15.7. The van der Waals surface area contributed by atoms with Gasteiger partial charge in [0.1, 0.15) is 0 Å². The molecule has 0 amide bonds. The monoisotopic (exact) mass is 768 g/mol. The average molecular weight is 771 g/mol. The van der Waals surface area contributed by atoms with Crippen molar-refractivity contribution in [1.29, 1.82) is 0 Å². The molecule has 0 fully saturated rings. The fraction of sp³-hybridized carbons (Fsp3) is 0.213. The molecule has 8 rings (SSSR count). The van der Waals surface area contributed by atoms with E-state index in [2.05, 4.69) is 181 Å². The summed E-state index contributed by atoms with van der Waals surface area (Å²) < 4.78 is 3.67. The molecule has 2 aliphatic carbocycles. The minimum atomic E-state index is -2.88. The second-order valence-corrected chi connectivity index (χ2v) is 22.0. The summed E-state index contributed by atoms with van der Waals surface area (Å²) in [5, 5.41) is 5.34. The van der Waals surface area contributed by atoms with Gasteiger partial charge in [-0.2, -0.15) is 0 Å². The van der Waals surface area contributed by atoms with Crippen molar-refractivity contribution in [2.45, 2.75) is 62.4 Å². The van der Waals surface area contributed by atoms with E-state index in [0.29, 0.717) is 3.63 Å². The minimum Gasteiger partial charge on any atom is -1.00 e. The first kappa shape index (κ1) is 36.4. The van der Waals surface area contributed by atoms with E-state index in [4.69, 9.17) is 0 Å². The molecule has 0 spiro atoms. The average Bonchev–Trinajstić information content (AvgIpc) is 3.72. The number of hydrogen-bond acceptors (Lipinski definition) is 0. The number of halogens is 2. The molecule has 6 aromatic rings. The minimum absolute atomic E-state index is 0.